The first-order valence-corrected chi connectivity index (χ1v) is 5.99. The highest BCUT2D eigenvalue weighted by molar-refractivity contribution is 7.99. The molecule has 2 fully saturated rings. The Kier molecular flexibility index (Phi) is 2.63. The van der Waals surface area contributed by atoms with Crippen molar-refractivity contribution in [2.45, 2.75) is 37.2 Å². The van der Waals surface area contributed by atoms with Gasteiger partial charge in [-0.15, -0.1) is 11.8 Å². The number of hydrogen-bond acceptors (Lipinski definition) is 3. The lowest BCUT2D eigenvalue weighted by molar-refractivity contribution is -0.0174. The van der Waals surface area contributed by atoms with Gasteiger partial charge in [-0.1, -0.05) is 0 Å². The van der Waals surface area contributed by atoms with Crippen molar-refractivity contribution in [3.8, 4) is 0 Å². The third kappa shape index (κ3) is 1.38. The van der Waals surface area contributed by atoms with Crippen LogP contribution in [0, 0.1) is 0 Å². The minimum absolute atomic E-state index is 0.673. The van der Waals surface area contributed by atoms with Gasteiger partial charge in [-0.3, -0.25) is 4.90 Å². The summed E-state index contributed by atoms with van der Waals surface area (Å²) in [5, 5.41) is 0.673. The smallest absolute Gasteiger partial charge is 0.0623 e. The lowest BCUT2D eigenvalue weighted by Gasteiger charge is -2.38. The Morgan fingerprint density at radius 2 is 1.92 bits per heavy atom. The predicted octanol–water partition coefficient (Wildman–Crippen LogP) is 1.56. The van der Waals surface area contributed by atoms with Crippen molar-refractivity contribution in [2.24, 2.45) is 0 Å². The monoisotopic (exact) mass is 187 g/mol. The van der Waals surface area contributed by atoms with Gasteiger partial charge in [-0.25, -0.2) is 0 Å². The van der Waals surface area contributed by atoms with Crippen LogP contribution in [0.3, 0.4) is 0 Å². The van der Waals surface area contributed by atoms with E-state index in [0.717, 1.165) is 13.2 Å². The molecule has 0 saturated carbocycles. The Morgan fingerprint density at radius 3 is 2.42 bits per heavy atom. The molecule has 2 heterocycles. The van der Waals surface area contributed by atoms with Crippen LogP contribution in [0.15, 0.2) is 0 Å². The number of fused-ring (bicyclic) bond motifs is 2. The van der Waals surface area contributed by atoms with Gasteiger partial charge in [0.05, 0.1) is 18.6 Å². The zero-order valence-electron chi connectivity index (χ0n) is 7.82. The Morgan fingerprint density at radius 1 is 1.33 bits per heavy atom. The standard InChI is InChI=1S/C9H17NOS/c1-7(12-2)10-8-3-4-9(10)6-11-5-8/h7-9H,3-6H2,1-2H3. The SMILES string of the molecule is CSC(C)N1C2CCC1COC2. The first-order valence-electron chi connectivity index (χ1n) is 4.71. The minimum atomic E-state index is 0.673. The summed E-state index contributed by atoms with van der Waals surface area (Å²) in [6.07, 6.45) is 4.88. The highest BCUT2D eigenvalue weighted by atomic mass is 32.2. The molecule has 2 nitrogen and oxygen atoms in total. The van der Waals surface area contributed by atoms with Crippen molar-refractivity contribution in [1.29, 1.82) is 0 Å². The average Bonchev–Trinajstić information content (AvgIpc) is 2.35. The summed E-state index contributed by atoms with van der Waals surface area (Å²) < 4.78 is 5.53. The molecule has 3 unspecified atom stereocenters. The number of rotatable bonds is 2. The normalized spacial score (nSPS) is 38.5. The maximum absolute atomic E-state index is 5.53. The fourth-order valence-corrected chi connectivity index (χ4v) is 2.96. The molecule has 0 aromatic carbocycles. The van der Waals surface area contributed by atoms with Crippen molar-refractivity contribution < 1.29 is 4.74 Å². The Labute approximate surface area is 78.6 Å². The molecule has 0 aliphatic carbocycles. The topological polar surface area (TPSA) is 12.5 Å². The van der Waals surface area contributed by atoms with Gasteiger partial charge in [0.2, 0.25) is 0 Å². The van der Waals surface area contributed by atoms with E-state index in [0.29, 0.717) is 17.5 Å². The Hall–Kier alpha value is 0.270. The van der Waals surface area contributed by atoms with Gasteiger partial charge < -0.3 is 4.74 Å². The summed E-state index contributed by atoms with van der Waals surface area (Å²) >= 11 is 1.95. The second-order valence-corrected chi connectivity index (χ2v) is 4.86. The third-order valence-corrected chi connectivity index (χ3v) is 3.98. The molecule has 0 N–H and O–H groups in total. The molecular weight excluding hydrogens is 170 g/mol. The second-order valence-electron chi connectivity index (χ2n) is 3.70. The van der Waals surface area contributed by atoms with Crippen molar-refractivity contribution >= 4 is 11.8 Å². The summed E-state index contributed by atoms with van der Waals surface area (Å²) in [5.74, 6) is 0. The minimum Gasteiger partial charge on any atom is -0.378 e. The molecule has 2 aliphatic heterocycles. The quantitative estimate of drug-likeness (QED) is 0.651. The van der Waals surface area contributed by atoms with E-state index in [1.807, 2.05) is 11.8 Å². The first-order chi connectivity index (χ1) is 5.83. The van der Waals surface area contributed by atoms with Gasteiger partial charge in [0.1, 0.15) is 0 Å². The van der Waals surface area contributed by atoms with Gasteiger partial charge in [-0.2, -0.15) is 0 Å². The maximum Gasteiger partial charge on any atom is 0.0623 e. The van der Waals surface area contributed by atoms with Gasteiger partial charge >= 0.3 is 0 Å². The van der Waals surface area contributed by atoms with E-state index in [1.54, 1.807) is 0 Å². The summed E-state index contributed by atoms with van der Waals surface area (Å²) in [7, 11) is 0. The number of morpholine rings is 1. The molecule has 0 spiro atoms. The van der Waals surface area contributed by atoms with Gasteiger partial charge in [0, 0.05) is 12.1 Å². The van der Waals surface area contributed by atoms with Crippen LogP contribution in [-0.4, -0.2) is 41.8 Å². The molecule has 0 radical (unpaired) electrons. The Balaban J connectivity index is 2.05. The van der Waals surface area contributed by atoms with Crippen LogP contribution in [0.1, 0.15) is 19.8 Å². The van der Waals surface area contributed by atoms with Crippen LogP contribution in [0.2, 0.25) is 0 Å². The van der Waals surface area contributed by atoms with Crippen LogP contribution in [0.4, 0.5) is 0 Å². The van der Waals surface area contributed by atoms with Crippen LogP contribution in [-0.2, 0) is 4.74 Å². The van der Waals surface area contributed by atoms with Crippen molar-refractivity contribution in [1.82, 2.24) is 4.90 Å². The molecule has 0 aromatic rings. The second kappa shape index (κ2) is 3.56. The highest BCUT2D eigenvalue weighted by Crippen LogP contribution is 2.33. The Bertz CT molecular complexity index is 149. The molecular formula is C9H17NOS. The van der Waals surface area contributed by atoms with Crippen molar-refractivity contribution in [3.05, 3.63) is 0 Å². The largest absolute Gasteiger partial charge is 0.378 e. The molecule has 3 heteroatoms. The fraction of sp³-hybridized carbons (Fsp3) is 1.00. The molecule has 0 amide bonds. The van der Waals surface area contributed by atoms with E-state index >= 15 is 0 Å². The van der Waals surface area contributed by atoms with E-state index in [1.165, 1.54) is 12.8 Å². The lowest BCUT2D eigenvalue weighted by atomic mass is 10.2. The van der Waals surface area contributed by atoms with Gasteiger partial charge in [-0.05, 0) is 26.0 Å². The molecule has 2 bridgehead atoms. The van der Waals surface area contributed by atoms with Gasteiger partial charge in [0.25, 0.3) is 0 Å². The predicted molar refractivity (Wildman–Crippen MR) is 52.4 cm³/mol. The summed E-state index contributed by atoms with van der Waals surface area (Å²) in [6.45, 7) is 4.23. The number of ether oxygens (including phenoxy) is 1. The molecule has 2 rings (SSSR count). The van der Waals surface area contributed by atoms with Crippen LogP contribution < -0.4 is 0 Å². The maximum atomic E-state index is 5.53. The summed E-state index contributed by atoms with van der Waals surface area (Å²) in [5.41, 5.74) is 0. The van der Waals surface area contributed by atoms with Crippen molar-refractivity contribution in [2.75, 3.05) is 19.5 Å². The van der Waals surface area contributed by atoms with Crippen LogP contribution in [0.25, 0.3) is 0 Å². The average molecular weight is 187 g/mol. The van der Waals surface area contributed by atoms with Crippen molar-refractivity contribution in [3.63, 3.8) is 0 Å². The van der Waals surface area contributed by atoms with Gasteiger partial charge in [0.15, 0.2) is 0 Å². The molecule has 3 atom stereocenters. The lowest BCUT2D eigenvalue weighted by Crippen LogP contribution is -2.49. The number of hydrogen-bond donors (Lipinski definition) is 0. The summed E-state index contributed by atoms with van der Waals surface area (Å²) in [4.78, 5) is 2.65. The fourth-order valence-electron chi connectivity index (χ4n) is 2.38. The van der Waals surface area contributed by atoms with Crippen LogP contribution >= 0.6 is 11.8 Å². The van der Waals surface area contributed by atoms with E-state index < -0.39 is 0 Å². The highest BCUT2D eigenvalue weighted by Gasteiger charge is 2.39. The zero-order chi connectivity index (χ0) is 8.55. The first kappa shape index (κ1) is 8.85. The molecule has 0 aromatic heterocycles. The van der Waals surface area contributed by atoms with E-state index in [4.69, 9.17) is 4.74 Å². The van der Waals surface area contributed by atoms with Crippen LogP contribution in [0.5, 0.6) is 0 Å². The molecule has 70 valence electrons. The summed E-state index contributed by atoms with van der Waals surface area (Å²) in [6, 6.07) is 1.43. The number of thioether (sulfide) groups is 1. The van der Waals surface area contributed by atoms with E-state index in [-0.39, 0.29) is 0 Å². The molecule has 12 heavy (non-hydrogen) atoms. The molecule has 2 aliphatic rings. The third-order valence-electron chi connectivity index (χ3n) is 3.06. The zero-order valence-corrected chi connectivity index (χ0v) is 8.64. The van der Waals surface area contributed by atoms with E-state index in [2.05, 4.69) is 18.1 Å². The number of nitrogens with zero attached hydrogens (tertiary/aromatic N) is 1. The molecule has 2 saturated heterocycles. The van der Waals surface area contributed by atoms with E-state index in [9.17, 15) is 0 Å².